The maximum absolute atomic E-state index is 5.57. The van der Waals surface area contributed by atoms with Crippen molar-refractivity contribution in [2.45, 2.75) is 33.2 Å². The standard InChI is InChI=1S/C23H41N5O2/c1-5-13-27(7-3)14-12-25-23(24-6-2)26-19-22(28-15-17-30-18-16-28)20-8-10-21(29-4)11-9-20/h8-11,22H,5-7,12-19H2,1-4H3,(H2,24,25,26). The first-order valence-corrected chi connectivity index (χ1v) is 11.4. The number of nitrogens with one attached hydrogen (secondary N) is 2. The lowest BCUT2D eigenvalue weighted by Gasteiger charge is -2.34. The fourth-order valence-electron chi connectivity index (χ4n) is 3.74. The number of hydrogen-bond donors (Lipinski definition) is 2. The van der Waals surface area contributed by atoms with Crippen LogP contribution in [0.2, 0.25) is 0 Å². The SMILES string of the molecule is CCCN(CC)CCNC(=NCC(c1ccc(OC)cc1)N1CCOCC1)NCC. The summed E-state index contributed by atoms with van der Waals surface area (Å²) in [6, 6.07) is 8.59. The van der Waals surface area contributed by atoms with E-state index in [0.717, 1.165) is 70.7 Å². The number of ether oxygens (including phenoxy) is 2. The van der Waals surface area contributed by atoms with Gasteiger partial charge in [-0.05, 0) is 44.1 Å². The Labute approximate surface area is 182 Å². The molecule has 1 atom stereocenters. The smallest absolute Gasteiger partial charge is 0.191 e. The van der Waals surface area contributed by atoms with Gasteiger partial charge >= 0.3 is 0 Å². The first kappa shape index (κ1) is 24.4. The Kier molecular flexibility index (Phi) is 11.6. The van der Waals surface area contributed by atoms with Gasteiger partial charge in [-0.1, -0.05) is 26.0 Å². The molecule has 1 unspecified atom stereocenters. The average Bonchev–Trinajstić information content (AvgIpc) is 2.79. The molecule has 1 aliphatic heterocycles. The Morgan fingerprint density at radius 1 is 1.13 bits per heavy atom. The number of aliphatic imine (C=N–C) groups is 1. The topological polar surface area (TPSA) is 61.4 Å². The van der Waals surface area contributed by atoms with Crippen LogP contribution in [-0.2, 0) is 4.74 Å². The van der Waals surface area contributed by atoms with Gasteiger partial charge in [0.25, 0.3) is 0 Å². The lowest BCUT2D eigenvalue weighted by atomic mass is 10.0. The molecule has 7 heteroatoms. The van der Waals surface area contributed by atoms with Crippen LogP contribution in [0.4, 0.5) is 0 Å². The molecule has 170 valence electrons. The van der Waals surface area contributed by atoms with Crippen LogP contribution < -0.4 is 15.4 Å². The predicted octanol–water partition coefficient (Wildman–Crippen LogP) is 2.36. The lowest BCUT2D eigenvalue weighted by molar-refractivity contribution is 0.0179. The van der Waals surface area contributed by atoms with E-state index < -0.39 is 0 Å². The third-order valence-corrected chi connectivity index (χ3v) is 5.46. The molecule has 0 saturated carbocycles. The Hall–Kier alpha value is -1.83. The molecule has 0 amide bonds. The third kappa shape index (κ3) is 8.13. The number of rotatable bonds is 12. The van der Waals surface area contributed by atoms with Crippen molar-refractivity contribution in [1.29, 1.82) is 0 Å². The Morgan fingerprint density at radius 3 is 2.47 bits per heavy atom. The van der Waals surface area contributed by atoms with Crippen molar-refractivity contribution >= 4 is 5.96 Å². The van der Waals surface area contributed by atoms with Gasteiger partial charge in [0.05, 0.1) is 32.9 Å². The van der Waals surface area contributed by atoms with Crippen molar-refractivity contribution in [3.05, 3.63) is 29.8 Å². The summed E-state index contributed by atoms with van der Waals surface area (Å²) in [5.74, 6) is 1.77. The molecule has 0 aromatic heterocycles. The molecule has 1 aliphatic rings. The number of morpholine rings is 1. The highest BCUT2D eigenvalue weighted by molar-refractivity contribution is 5.79. The quantitative estimate of drug-likeness (QED) is 0.401. The number of guanidine groups is 1. The Balaban J connectivity index is 2.05. The van der Waals surface area contributed by atoms with Gasteiger partial charge in [-0.3, -0.25) is 9.89 Å². The minimum absolute atomic E-state index is 0.225. The van der Waals surface area contributed by atoms with Crippen molar-refractivity contribution in [2.75, 3.05) is 72.7 Å². The molecule has 1 saturated heterocycles. The van der Waals surface area contributed by atoms with Crippen molar-refractivity contribution < 1.29 is 9.47 Å². The van der Waals surface area contributed by atoms with E-state index in [2.05, 4.69) is 53.3 Å². The van der Waals surface area contributed by atoms with E-state index in [0.29, 0.717) is 6.54 Å². The van der Waals surface area contributed by atoms with E-state index in [1.54, 1.807) is 7.11 Å². The fraction of sp³-hybridized carbons (Fsp3) is 0.696. The van der Waals surface area contributed by atoms with Crippen LogP contribution in [0.3, 0.4) is 0 Å². The third-order valence-electron chi connectivity index (χ3n) is 5.46. The maximum Gasteiger partial charge on any atom is 0.191 e. The first-order valence-electron chi connectivity index (χ1n) is 11.4. The highest BCUT2D eigenvalue weighted by Gasteiger charge is 2.22. The van der Waals surface area contributed by atoms with Crippen molar-refractivity contribution in [2.24, 2.45) is 4.99 Å². The first-order chi connectivity index (χ1) is 14.7. The van der Waals surface area contributed by atoms with Crippen LogP contribution >= 0.6 is 0 Å². The van der Waals surface area contributed by atoms with Gasteiger partial charge in [-0.25, -0.2) is 0 Å². The number of benzene rings is 1. The summed E-state index contributed by atoms with van der Waals surface area (Å²) >= 11 is 0. The number of nitrogens with zero attached hydrogens (tertiary/aromatic N) is 3. The highest BCUT2D eigenvalue weighted by atomic mass is 16.5. The summed E-state index contributed by atoms with van der Waals surface area (Å²) in [5.41, 5.74) is 1.26. The predicted molar refractivity (Wildman–Crippen MR) is 125 cm³/mol. The molecule has 1 fully saturated rings. The number of hydrogen-bond acceptors (Lipinski definition) is 5. The second-order valence-corrected chi connectivity index (χ2v) is 7.52. The van der Waals surface area contributed by atoms with E-state index in [9.17, 15) is 0 Å². The molecule has 1 aromatic carbocycles. The summed E-state index contributed by atoms with van der Waals surface area (Å²) in [6.45, 7) is 15.7. The molecule has 0 radical (unpaired) electrons. The van der Waals surface area contributed by atoms with Crippen LogP contribution in [0.15, 0.2) is 29.3 Å². The van der Waals surface area contributed by atoms with Crippen molar-refractivity contribution in [3.63, 3.8) is 0 Å². The average molecular weight is 420 g/mol. The van der Waals surface area contributed by atoms with Gasteiger partial charge in [-0.2, -0.15) is 0 Å². The summed E-state index contributed by atoms with van der Waals surface area (Å²) in [5, 5.41) is 6.90. The van der Waals surface area contributed by atoms with Gasteiger partial charge in [0.15, 0.2) is 5.96 Å². The van der Waals surface area contributed by atoms with Gasteiger partial charge in [0.2, 0.25) is 0 Å². The Morgan fingerprint density at radius 2 is 1.87 bits per heavy atom. The second kappa shape index (κ2) is 14.2. The molecule has 0 aliphatic carbocycles. The van der Waals surface area contributed by atoms with Crippen LogP contribution in [0, 0.1) is 0 Å². The zero-order chi connectivity index (χ0) is 21.6. The Bertz CT molecular complexity index is 602. The molecule has 1 heterocycles. The van der Waals surface area contributed by atoms with Crippen LogP contribution in [-0.4, -0.2) is 88.4 Å². The number of methoxy groups -OCH3 is 1. The fourth-order valence-corrected chi connectivity index (χ4v) is 3.74. The van der Waals surface area contributed by atoms with E-state index in [-0.39, 0.29) is 6.04 Å². The van der Waals surface area contributed by atoms with E-state index in [1.807, 2.05) is 12.1 Å². The molecule has 7 nitrogen and oxygen atoms in total. The zero-order valence-corrected chi connectivity index (χ0v) is 19.3. The maximum atomic E-state index is 5.57. The minimum Gasteiger partial charge on any atom is -0.497 e. The summed E-state index contributed by atoms with van der Waals surface area (Å²) in [6.07, 6.45) is 1.19. The molecule has 0 bridgehead atoms. The number of likely N-dealkylation sites (N-methyl/N-ethyl adjacent to an activating group) is 1. The molecule has 1 aromatic rings. The molecule has 2 rings (SSSR count). The van der Waals surface area contributed by atoms with Crippen LogP contribution in [0.25, 0.3) is 0 Å². The molecule has 2 N–H and O–H groups in total. The molecule has 30 heavy (non-hydrogen) atoms. The van der Waals surface area contributed by atoms with E-state index in [1.165, 1.54) is 12.0 Å². The minimum atomic E-state index is 0.225. The summed E-state index contributed by atoms with van der Waals surface area (Å²) < 4.78 is 10.9. The van der Waals surface area contributed by atoms with Gasteiger partial charge < -0.3 is 25.0 Å². The second-order valence-electron chi connectivity index (χ2n) is 7.52. The highest BCUT2D eigenvalue weighted by Crippen LogP contribution is 2.24. The van der Waals surface area contributed by atoms with Gasteiger partial charge in [0.1, 0.15) is 5.75 Å². The van der Waals surface area contributed by atoms with Gasteiger partial charge in [0, 0.05) is 32.7 Å². The molecular formula is C23H41N5O2. The van der Waals surface area contributed by atoms with Crippen molar-refractivity contribution in [1.82, 2.24) is 20.4 Å². The molecular weight excluding hydrogens is 378 g/mol. The zero-order valence-electron chi connectivity index (χ0n) is 19.3. The van der Waals surface area contributed by atoms with Gasteiger partial charge in [-0.15, -0.1) is 0 Å². The summed E-state index contributed by atoms with van der Waals surface area (Å²) in [4.78, 5) is 9.87. The lowest BCUT2D eigenvalue weighted by Crippen LogP contribution is -2.43. The van der Waals surface area contributed by atoms with E-state index >= 15 is 0 Å². The normalized spacial score (nSPS) is 16.5. The molecule has 0 spiro atoms. The summed E-state index contributed by atoms with van der Waals surface area (Å²) in [7, 11) is 1.70. The van der Waals surface area contributed by atoms with E-state index in [4.69, 9.17) is 14.5 Å². The van der Waals surface area contributed by atoms with Crippen LogP contribution in [0.5, 0.6) is 5.75 Å². The van der Waals surface area contributed by atoms with Crippen molar-refractivity contribution in [3.8, 4) is 5.75 Å². The monoisotopic (exact) mass is 419 g/mol. The largest absolute Gasteiger partial charge is 0.497 e. The van der Waals surface area contributed by atoms with Crippen LogP contribution in [0.1, 0.15) is 38.8 Å².